The second-order valence-electron chi connectivity index (χ2n) is 6.70. The van der Waals surface area contributed by atoms with Gasteiger partial charge in [0.2, 0.25) is 5.88 Å². The maximum Gasteiger partial charge on any atom is 0.213 e. The van der Waals surface area contributed by atoms with Crippen molar-refractivity contribution in [1.82, 2.24) is 10.3 Å². The van der Waals surface area contributed by atoms with E-state index in [-0.39, 0.29) is 6.10 Å². The first-order valence-corrected chi connectivity index (χ1v) is 9.14. The highest BCUT2D eigenvalue weighted by Gasteiger charge is 2.19. The molecular weight excluding hydrogens is 314 g/mol. The van der Waals surface area contributed by atoms with Crippen LogP contribution in [0.5, 0.6) is 5.88 Å². The van der Waals surface area contributed by atoms with Crippen molar-refractivity contribution in [1.29, 1.82) is 0 Å². The van der Waals surface area contributed by atoms with E-state index in [0.29, 0.717) is 18.5 Å². The molecule has 1 saturated heterocycles. The molecule has 2 aromatic rings. The topological polar surface area (TPSA) is 55.4 Å². The maximum atomic E-state index is 5.91. The summed E-state index contributed by atoms with van der Waals surface area (Å²) < 4.78 is 11.3. The molecule has 0 amide bonds. The zero-order valence-corrected chi connectivity index (χ0v) is 14.4. The third-order valence-corrected chi connectivity index (χ3v) is 4.85. The Bertz CT molecular complexity index is 701. The van der Waals surface area contributed by atoms with Crippen LogP contribution in [0.4, 0.5) is 5.69 Å². The third kappa shape index (κ3) is 4.11. The van der Waals surface area contributed by atoms with Gasteiger partial charge in [0.15, 0.2) is 0 Å². The van der Waals surface area contributed by atoms with Crippen LogP contribution >= 0.6 is 0 Å². The molecule has 2 aliphatic heterocycles. The monoisotopic (exact) mass is 339 g/mol. The van der Waals surface area contributed by atoms with E-state index in [1.807, 2.05) is 18.3 Å². The number of hydrogen-bond donors (Lipinski definition) is 2. The standard InChI is InChI=1S/C20H25N3O2/c1-2-5-18-17(4-1)19(6-3-9-21-18)23-13-15-7-10-22-20(12-15)25-16-8-11-24-14-16/h1-2,4-5,7,10,12,16,19,21,23H,3,6,8-9,11,13-14H2/t16-,19-/m0/s1. The van der Waals surface area contributed by atoms with Gasteiger partial charge in [-0.05, 0) is 36.1 Å². The molecule has 2 N–H and O–H groups in total. The fourth-order valence-corrected chi connectivity index (χ4v) is 3.50. The fraction of sp³-hybridized carbons (Fsp3) is 0.450. The van der Waals surface area contributed by atoms with Gasteiger partial charge in [-0.2, -0.15) is 0 Å². The Labute approximate surface area is 148 Å². The van der Waals surface area contributed by atoms with E-state index in [1.165, 1.54) is 23.2 Å². The van der Waals surface area contributed by atoms with E-state index in [9.17, 15) is 0 Å². The normalized spacial score (nSPS) is 22.7. The average Bonchev–Trinajstić information content (AvgIpc) is 3.06. The van der Waals surface area contributed by atoms with E-state index in [1.54, 1.807) is 0 Å². The zero-order chi connectivity index (χ0) is 16.9. The van der Waals surface area contributed by atoms with E-state index >= 15 is 0 Å². The molecule has 1 fully saturated rings. The number of aromatic nitrogens is 1. The summed E-state index contributed by atoms with van der Waals surface area (Å²) in [5.74, 6) is 0.692. The van der Waals surface area contributed by atoms with Crippen LogP contribution in [0, 0.1) is 0 Å². The average molecular weight is 339 g/mol. The molecule has 1 aromatic carbocycles. The Morgan fingerprint density at radius 3 is 3.12 bits per heavy atom. The number of pyridine rings is 1. The van der Waals surface area contributed by atoms with Gasteiger partial charge in [-0.1, -0.05) is 18.2 Å². The van der Waals surface area contributed by atoms with E-state index in [0.717, 1.165) is 32.5 Å². The number of hydrogen-bond acceptors (Lipinski definition) is 5. The minimum atomic E-state index is 0.135. The number of benzene rings is 1. The number of rotatable bonds is 5. The lowest BCUT2D eigenvalue weighted by atomic mass is 10.0. The van der Waals surface area contributed by atoms with Gasteiger partial charge in [-0.3, -0.25) is 0 Å². The van der Waals surface area contributed by atoms with Crippen molar-refractivity contribution in [2.45, 2.75) is 38.0 Å². The molecule has 0 unspecified atom stereocenters. The third-order valence-electron chi connectivity index (χ3n) is 4.85. The van der Waals surface area contributed by atoms with Crippen LogP contribution in [0.2, 0.25) is 0 Å². The zero-order valence-electron chi connectivity index (χ0n) is 14.4. The summed E-state index contributed by atoms with van der Waals surface area (Å²) in [5, 5.41) is 7.23. The molecule has 2 aliphatic rings. The summed E-state index contributed by atoms with van der Waals surface area (Å²) in [6.45, 7) is 3.28. The second-order valence-corrected chi connectivity index (χ2v) is 6.70. The van der Waals surface area contributed by atoms with Crippen LogP contribution in [-0.2, 0) is 11.3 Å². The lowest BCUT2D eigenvalue weighted by molar-refractivity contribution is 0.138. The number of nitrogens with zero attached hydrogens (tertiary/aromatic N) is 1. The minimum Gasteiger partial charge on any atom is -0.472 e. The van der Waals surface area contributed by atoms with Crippen LogP contribution in [-0.4, -0.2) is 30.8 Å². The van der Waals surface area contributed by atoms with Crippen LogP contribution in [0.1, 0.15) is 36.4 Å². The molecule has 3 heterocycles. The van der Waals surface area contributed by atoms with Crippen LogP contribution in [0.3, 0.4) is 0 Å². The largest absolute Gasteiger partial charge is 0.472 e. The van der Waals surface area contributed by atoms with Crippen molar-refractivity contribution < 1.29 is 9.47 Å². The van der Waals surface area contributed by atoms with Gasteiger partial charge in [0.25, 0.3) is 0 Å². The summed E-state index contributed by atoms with van der Waals surface area (Å²) in [6, 6.07) is 13.0. The quantitative estimate of drug-likeness (QED) is 0.875. The number of fused-ring (bicyclic) bond motifs is 1. The maximum absolute atomic E-state index is 5.91. The predicted octanol–water partition coefficient (Wildman–Crippen LogP) is 3.29. The van der Waals surface area contributed by atoms with E-state index < -0.39 is 0 Å². The Morgan fingerprint density at radius 1 is 1.24 bits per heavy atom. The fourth-order valence-electron chi connectivity index (χ4n) is 3.50. The van der Waals surface area contributed by atoms with Gasteiger partial charge in [-0.15, -0.1) is 0 Å². The van der Waals surface area contributed by atoms with Crippen molar-refractivity contribution in [3.8, 4) is 5.88 Å². The summed E-state index contributed by atoms with van der Waals surface area (Å²) in [6.07, 6.45) is 5.20. The Morgan fingerprint density at radius 2 is 2.20 bits per heavy atom. The van der Waals surface area contributed by atoms with Gasteiger partial charge in [0.1, 0.15) is 6.10 Å². The summed E-state index contributed by atoms with van der Waals surface area (Å²) in [5.41, 5.74) is 3.80. The highest BCUT2D eigenvalue weighted by Crippen LogP contribution is 2.29. The Balaban J connectivity index is 1.41. The van der Waals surface area contributed by atoms with Gasteiger partial charge in [0, 0.05) is 43.5 Å². The molecule has 0 spiro atoms. The summed E-state index contributed by atoms with van der Waals surface area (Å²) >= 11 is 0. The first kappa shape index (κ1) is 16.4. The highest BCUT2D eigenvalue weighted by molar-refractivity contribution is 5.53. The van der Waals surface area contributed by atoms with Gasteiger partial charge in [-0.25, -0.2) is 4.98 Å². The number of anilines is 1. The SMILES string of the molecule is c1ccc2c(c1)NCCC[C@@H]2NCc1ccnc(O[C@H]2CCOC2)c1. The van der Waals surface area contributed by atoms with Crippen molar-refractivity contribution >= 4 is 5.69 Å². The van der Waals surface area contributed by atoms with Crippen molar-refractivity contribution in [2.75, 3.05) is 25.1 Å². The van der Waals surface area contributed by atoms with Gasteiger partial charge < -0.3 is 20.1 Å². The molecule has 5 nitrogen and oxygen atoms in total. The molecule has 0 radical (unpaired) electrons. The molecule has 1 aromatic heterocycles. The van der Waals surface area contributed by atoms with Crippen LogP contribution in [0.15, 0.2) is 42.6 Å². The van der Waals surface area contributed by atoms with Gasteiger partial charge >= 0.3 is 0 Å². The predicted molar refractivity (Wildman–Crippen MR) is 97.8 cm³/mol. The number of nitrogens with one attached hydrogen (secondary N) is 2. The molecule has 2 atom stereocenters. The van der Waals surface area contributed by atoms with E-state index in [2.05, 4.69) is 39.9 Å². The lowest BCUT2D eigenvalue weighted by Gasteiger charge is -2.19. The molecule has 4 rings (SSSR count). The molecule has 0 aliphatic carbocycles. The van der Waals surface area contributed by atoms with Crippen molar-refractivity contribution in [2.24, 2.45) is 0 Å². The molecule has 0 saturated carbocycles. The van der Waals surface area contributed by atoms with Crippen molar-refractivity contribution in [3.63, 3.8) is 0 Å². The smallest absolute Gasteiger partial charge is 0.213 e. The lowest BCUT2D eigenvalue weighted by Crippen LogP contribution is -2.21. The Hall–Kier alpha value is -2.11. The second kappa shape index (κ2) is 7.85. The molecular formula is C20H25N3O2. The molecule has 0 bridgehead atoms. The van der Waals surface area contributed by atoms with Crippen LogP contribution in [0.25, 0.3) is 0 Å². The minimum absolute atomic E-state index is 0.135. The first-order valence-electron chi connectivity index (χ1n) is 9.14. The summed E-state index contributed by atoms with van der Waals surface area (Å²) in [4.78, 5) is 4.33. The van der Waals surface area contributed by atoms with E-state index in [4.69, 9.17) is 9.47 Å². The van der Waals surface area contributed by atoms with Crippen molar-refractivity contribution in [3.05, 3.63) is 53.7 Å². The molecule has 132 valence electrons. The number of para-hydroxylation sites is 1. The van der Waals surface area contributed by atoms with Gasteiger partial charge in [0.05, 0.1) is 13.2 Å². The first-order chi connectivity index (χ1) is 12.4. The molecule has 25 heavy (non-hydrogen) atoms. The Kier molecular flexibility index (Phi) is 5.14. The highest BCUT2D eigenvalue weighted by atomic mass is 16.5. The summed E-state index contributed by atoms with van der Waals surface area (Å²) in [7, 11) is 0. The number of ether oxygens (including phenoxy) is 2. The van der Waals surface area contributed by atoms with Crippen LogP contribution < -0.4 is 15.4 Å². The molecule has 5 heteroatoms.